The highest BCUT2D eigenvalue weighted by Crippen LogP contribution is 2.37. The normalized spacial score (nSPS) is 15.9. The molecule has 1 heterocycles. The lowest BCUT2D eigenvalue weighted by Gasteiger charge is -2.21. The summed E-state index contributed by atoms with van der Waals surface area (Å²) in [6, 6.07) is 11.6. The van der Waals surface area contributed by atoms with Gasteiger partial charge in [-0.25, -0.2) is 8.42 Å². The number of para-hydroxylation sites is 2. The molecule has 1 aliphatic rings. The smallest absolute Gasteiger partial charge is 0.237 e. The Balaban J connectivity index is 1.67. The summed E-state index contributed by atoms with van der Waals surface area (Å²) in [7, 11) is -3.69. The van der Waals surface area contributed by atoms with Crippen LogP contribution in [0.2, 0.25) is 0 Å². The van der Waals surface area contributed by atoms with E-state index in [9.17, 15) is 18.0 Å². The quantitative estimate of drug-likeness (QED) is 0.693. The molecule has 29 heavy (non-hydrogen) atoms. The van der Waals surface area contributed by atoms with Crippen molar-refractivity contribution in [2.45, 2.75) is 35.3 Å². The van der Waals surface area contributed by atoms with Crippen LogP contribution < -0.4 is 15.4 Å². The van der Waals surface area contributed by atoms with E-state index in [4.69, 9.17) is 4.74 Å². The zero-order valence-electron chi connectivity index (χ0n) is 16.1. The molecule has 2 N–H and O–H groups in total. The van der Waals surface area contributed by atoms with E-state index in [1.165, 1.54) is 23.9 Å². The molecule has 0 fully saturated rings. The average Bonchev–Trinajstić information content (AvgIpc) is 2.69. The first-order valence-corrected chi connectivity index (χ1v) is 11.7. The molecule has 1 aliphatic heterocycles. The summed E-state index contributed by atoms with van der Waals surface area (Å²) in [4.78, 5) is 25.0. The molecule has 1 atom stereocenters. The highest BCUT2D eigenvalue weighted by Gasteiger charge is 2.25. The van der Waals surface area contributed by atoms with Crippen LogP contribution in [0.1, 0.15) is 20.3 Å². The van der Waals surface area contributed by atoms with E-state index in [1.54, 1.807) is 37.3 Å². The van der Waals surface area contributed by atoms with Crippen molar-refractivity contribution in [2.75, 3.05) is 23.0 Å². The number of amides is 2. The second kappa shape index (κ2) is 8.87. The Morgan fingerprint density at radius 1 is 1.24 bits per heavy atom. The molecule has 0 radical (unpaired) electrons. The Kier molecular flexibility index (Phi) is 6.49. The van der Waals surface area contributed by atoms with Crippen LogP contribution in [0, 0.1) is 0 Å². The molecule has 3 rings (SSSR count). The van der Waals surface area contributed by atoms with Crippen molar-refractivity contribution in [3.05, 3.63) is 42.5 Å². The zero-order valence-corrected chi connectivity index (χ0v) is 17.7. The Labute approximate surface area is 174 Å². The summed E-state index contributed by atoms with van der Waals surface area (Å²) < 4.78 is 30.8. The van der Waals surface area contributed by atoms with E-state index < -0.39 is 15.7 Å². The van der Waals surface area contributed by atoms with Crippen LogP contribution in [0.4, 0.5) is 11.4 Å². The summed E-state index contributed by atoms with van der Waals surface area (Å²) in [6.45, 7) is 4.08. The van der Waals surface area contributed by atoms with Gasteiger partial charge in [0.2, 0.25) is 11.8 Å². The van der Waals surface area contributed by atoms with E-state index in [0.29, 0.717) is 23.7 Å². The van der Waals surface area contributed by atoms with Crippen molar-refractivity contribution in [3.8, 4) is 5.75 Å². The first kappa shape index (κ1) is 21.2. The number of ether oxygens (including phenoxy) is 1. The first-order valence-electron chi connectivity index (χ1n) is 9.16. The zero-order chi connectivity index (χ0) is 21.0. The molecule has 0 aromatic heterocycles. The average molecular weight is 435 g/mol. The van der Waals surface area contributed by atoms with E-state index in [-0.39, 0.29) is 28.2 Å². The minimum Gasteiger partial charge on any atom is -0.492 e. The standard InChI is InChI=1S/C20H22N2O5S2/c1-3-27-17-7-5-4-6-15(17)21-19(23)10-11-29(25,26)14-8-9-18-16(12-14)22-20(24)13(2)28-18/h4-9,12-13H,3,10-11H2,1-2H3,(H,21,23)(H,22,24)/t13-/m1/s1. The minimum atomic E-state index is -3.69. The number of hydrogen-bond donors (Lipinski definition) is 2. The number of anilines is 2. The predicted octanol–water partition coefficient (Wildman–Crippen LogP) is 3.32. The molecule has 2 amide bonds. The summed E-state index contributed by atoms with van der Waals surface area (Å²) in [6.07, 6.45) is -0.196. The molecule has 0 spiro atoms. The number of nitrogens with one attached hydrogen (secondary N) is 2. The molecule has 0 bridgehead atoms. The molecular weight excluding hydrogens is 412 g/mol. The fraction of sp³-hybridized carbons (Fsp3) is 0.300. The van der Waals surface area contributed by atoms with Crippen LogP contribution in [0.15, 0.2) is 52.3 Å². The van der Waals surface area contributed by atoms with Crippen LogP contribution in [-0.4, -0.2) is 37.8 Å². The van der Waals surface area contributed by atoms with Gasteiger partial charge in [-0.2, -0.15) is 0 Å². The summed E-state index contributed by atoms with van der Waals surface area (Å²) in [5, 5.41) is 5.18. The van der Waals surface area contributed by atoms with Crippen molar-refractivity contribution in [1.29, 1.82) is 0 Å². The Morgan fingerprint density at radius 3 is 2.76 bits per heavy atom. The number of rotatable bonds is 7. The van der Waals surface area contributed by atoms with Crippen molar-refractivity contribution < 1.29 is 22.7 Å². The fourth-order valence-corrected chi connectivity index (χ4v) is 4.98. The van der Waals surface area contributed by atoms with Crippen LogP contribution >= 0.6 is 11.8 Å². The Morgan fingerprint density at radius 2 is 2.00 bits per heavy atom. The number of thioether (sulfide) groups is 1. The Hall–Kier alpha value is -2.52. The molecular formula is C20H22N2O5S2. The van der Waals surface area contributed by atoms with E-state index in [2.05, 4.69) is 10.6 Å². The predicted molar refractivity (Wildman–Crippen MR) is 113 cm³/mol. The van der Waals surface area contributed by atoms with Gasteiger partial charge in [-0.1, -0.05) is 12.1 Å². The Bertz CT molecular complexity index is 1040. The number of carbonyl (C=O) groups excluding carboxylic acids is 2. The van der Waals surface area contributed by atoms with E-state index >= 15 is 0 Å². The van der Waals surface area contributed by atoms with Crippen LogP contribution in [-0.2, 0) is 19.4 Å². The molecule has 9 heteroatoms. The summed E-state index contributed by atoms with van der Waals surface area (Å²) in [5.74, 6) is -0.393. The largest absolute Gasteiger partial charge is 0.492 e. The van der Waals surface area contributed by atoms with Gasteiger partial charge in [0.25, 0.3) is 0 Å². The minimum absolute atomic E-state index is 0.0780. The van der Waals surface area contributed by atoms with Gasteiger partial charge in [-0.3, -0.25) is 9.59 Å². The number of carbonyl (C=O) groups is 2. The lowest BCUT2D eigenvalue weighted by molar-refractivity contribution is -0.116. The van der Waals surface area contributed by atoms with Crippen molar-refractivity contribution >= 4 is 44.8 Å². The molecule has 0 saturated heterocycles. The van der Waals surface area contributed by atoms with Gasteiger partial charge in [0, 0.05) is 11.3 Å². The van der Waals surface area contributed by atoms with Crippen LogP contribution in [0.3, 0.4) is 0 Å². The third-order valence-corrected chi connectivity index (χ3v) is 7.19. The number of benzene rings is 2. The lowest BCUT2D eigenvalue weighted by Crippen LogP contribution is -2.26. The molecule has 7 nitrogen and oxygen atoms in total. The monoisotopic (exact) mass is 434 g/mol. The SMILES string of the molecule is CCOc1ccccc1NC(=O)CCS(=O)(=O)c1ccc2c(c1)NC(=O)[C@@H](C)S2. The van der Waals surface area contributed by atoms with Crippen LogP contribution in [0.25, 0.3) is 0 Å². The van der Waals surface area contributed by atoms with Crippen molar-refractivity contribution in [1.82, 2.24) is 0 Å². The first-order chi connectivity index (χ1) is 13.8. The highest BCUT2D eigenvalue weighted by atomic mass is 32.2. The third kappa shape index (κ3) is 5.10. The molecule has 0 saturated carbocycles. The van der Waals surface area contributed by atoms with E-state index in [0.717, 1.165) is 4.90 Å². The maximum atomic E-state index is 12.7. The van der Waals surface area contributed by atoms with E-state index in [1.807, 2.05) is 6.92 Å². The van der Waals surface area contributed by atoms with Gasteiger partial charge in [0.1, 0.15) is 5.75 Å². The lowest BCUT2D eigenvalue weighted by atomic mass is 10.3. The summed E-state index contributed by atoms with van der Waals surface area (Å²) in [5.41, 5.74) is 0.980. The van der Waals surface area contributed by atoms with Gasteiger partial charge in [-0.15, -0.1) is 11.8 Å². The number of hydrogen-bond acceptors (Lipinski definition) is 6. The number of sulfone groups is 1. The van der Waals surface area contributed by atoms with Gasteiger partial charge < -0.3 is 15.4 Å². The fourth-order valence-electron chi connectivity index (χ4n) is 2.79. The van der Waals surface area contributed by atoms with Gasteiger partial charge >= 0.3 is 0 Å². The maximum Gasteiger partial charge on any atom is 0.237 e. The van der Waals surface area contributed by atoms with Gasteiger partial charge in [0.15, 0.2) is 9.84 Å². The molecule has 2 aromatic carbocycles. The van der Waals surface area contributed by atoms with Crippen LogP contribution in [0.5, 0.6) is 5.75 Å². The molecule has 2 aromatic rings. The third-order valence-electron chi connectivity index (χ3n) is 4.30. The number of fused-ring (bicyclic) bond motifs is 1. The highest BCUT2D eigenvalue weighted by molar-refractivity contribution is 8.01. The topological polar surface area (TPSA) is 102 Å². The van der Waals surface area contributed by atoms with Gasteiger partial charge in [0.05, 0.1) is 33.9 Å². The maximum absolute atomic E-state index is 12.7. The second-order valence-electron chi connectivity index (χ2n) is 6.45. The van der Waals surface area contributed by atoms with Crippen molar-refractivity contribution in [3.63, 3.8) is 0 Å². The second-order valence-corrected chi connectivity index (χ2v) is 9.95. The molecule has 0 unspecified atom stereocenters. The molecule has 0 aliphatic carbocycles. The summed E-state index contributed by atoms with van der Waals surface area (Å²) >= 11 is 1.38. The molecule has 154 valence electrons. The van der Waals surface area contributed by atoms with Crippen molar-refractivity contribution in [2.24, 2.45) is 0 Å². The van der Waals surface area contributed by atoms with Gasteiger partial charge in [-0.05, 0) is 44.2 Å².